The van der Waals surface area contributed by atoms with Gasteiger partial charge in [-0.05, 0) is 82.9 Å². The molecule has 4 aromatic rings. The summed E-state index contributed by atoms with van der Waals surface area (Å²) >= 11 is 7.00. The molecule has 0 unspecified atom stereocenters. The molecule has 0 bridgehead atoms. The molecule has 0 aliphatic carbocycles. The normalized spacial score (nSPS) is 12.3. The highest BCUT2D eigenvalue weighted by atomic mass is 79.9. The summed E-state index contributed by atoms with van der Waals surface area (Å²) in [6.45, 7) is 6.64. The van der Waals surface area contributed by atoms with E-state index in [2.05, 4.69) is 37.0 Å². The van der Waals surface area contributed by atoms with Crippen LogP contribution in [0.25, 0.3) is 10.9 Å². The van der Waals surface area contributed by atoms with E-state index < -0.39 is 0 Å². The number of hydrogen-bond acceptors (Lipinski definition) is 5. The third-order valence-corrected chi connectivity index (χ3v) is 6.92. The zero-order valence-electron chi connectivity index (χ0n) is 20.7. The van der Waals surface area contributed by atoms with Gasteiger partial charge in [-0.1, -0.05) is 41.9 Å². The molecular weight excluding hydrogens is 605 g/mol. The molecule has 1 aromatic heterocycles. The van der Waals surface area contributed by atoms with Crippen LogP contribution in [0.3, 0.4) is 0 Å². The molecule has 0 saturated carbocycles. The second kappa shape index (κ2) is 12.0. The highest BCUT2D eigenvalue weighted by molar-refractivity contribution is 9.10. The first-order valence-corrected chi connectivity index (χ1v) is 13.5. The van der Waals surface area contributed by atoms with Crippen LogP contribution in [0.4, 0.5) is 4.39 Å². The molecule has 192 valence electrons. The third-order valence-electron chi connectivity index (χ3n) is 5.84. The van der Waals surface area contributed by atoms with E-state index in [4.69, 9.17) is 14.5 Å². The lowest BCUT2D eigenvalue weighted by atomic mass is 10.1. The maximum absolute atomic E-state index is 13.4. The quantitative estimate of drug-likeness (QED) is 0.180. The van der Waals surface area contributed by atoms with Gasteiger partial charge in [-0.3, -0.25) is 4.79 Å². The Morgan fingerprint density at radius 1 is 1.08 bits per heavy atom. The van der Waals surface area contributed by atoms with Crippen molar-refractivity contribution in [2.75, 3.05) is 6.61 Å². The van der Waals surface area contributed by atoms with Crippen molar-refractivity contribution in [1.29, 1.82) is 0 Å². The fraction of sp³-hybridized carbons (Fsp3) is 0.250. The first-order chi connectivity index (χ1) is 17.8. The maximum atomic E-state index is 13.4. The number of ether oxygens (including phenoxy) is 2. The average Bonchev–Trinajstić information content (AvgIpc) is 2.88. The van der Waals surface area contributed by atoms with Gasteiger partial charge in [-0.25, -0.2) is 9.37 Å². The Labute approximate surface area is 231 Å². The number of benzene rings is 3. The molecule has 6 nitrogen and oxygen atoms in total. The second-order valence-corrected chi connectivity index (χ2v) is 10.3. The van der Waals surface area contributed by atoms with Gasteiger partial charge in [0.05, 0.1) is 28.2 Å². The minimum Gasteiger partial charge on any atom is -0.490 e. The summed E-state index contributed by atoms with van der Waals surface area (Å²) in [5.41, 5.74) is 1.94. The van der Waals surface area contributed by atoms with Gasteiger partial charge in [0, 0.05) is 10.4 Å². The van der Waals surface area contributed by atoms with Crippen molar-refractivity contribution in [3.63, 3.8) is 0 Å². The van der Waals surface area contributed by atoms with E-state index in [1.807, 2.05) is 39.0 Å². The number of halogens is 3. The van der Waals surface area contributed by atoms with Gasteiger partial charge in [0.1, 0.15) is 18.2 Å². The summed E-state index contributed by atoms with van der Waals surface area (Å²) in [6, 6.07) is 15.2. The van der Waals surface area contributed by atoms with E-state index >= 15 is 0 Å². The average molecular weight is 631 g/mol. The Kier molecular flexibility index (Phi) is 8.76. The Bertz CT molecular complexity index is 1500. The van der Waals surface area contributed by atoms with Crippen LogP contribution in [-0.2, 0) is 6.61 Å². The molecule has 1 heterocycles. The van der Waals surface area contributed by atoms with E-state index in [9.17, 15) is 9.18 Å². The number of fused-ring (bicyclic) bond motifs is 1. The molecule has 3 aromatic carbocycles. The van der Waals surface area contributed by atoms with Crippen LogP contribution in [0.1, 0.15) is 50.1 Å². The summed E-state index contributed by atoms with van der Waals surface area (Å²) in [7, 11) is 0. The van der Waals surface area contributed by atoms with Crippen LogP contribution in [-0.4, -0.2) is 22.5 Å². The number of aromatic nitrogens is 2. The highest BCUT2D eigenvalue weighted by Crippen LogP contribution is 2.37. The van der Waals surface area contributed by atoms with Crippen LogP contribution < -0.4 is 15.0 Å². The van der Waals surface area contributed by atoms with Crippen molar-refractivity contribution >= 4 is 49.0 Å². The Balaban J connectivity index is 1.71. The SMILES string of the molecule is CCOc1cc(C=Nn2c([C@@H](C)CC)nc3ccc(Br)cc3c2=O)cc(Br)c1OCc1ccc(F)cc1. The zero-order chi connectivity index (χ0) is 26.5. The Hall–Kier alpha value is -3.04. The van der Waals surface area contributed by atoms with Crippen molar-refractivity contribution in [2.24, 2.45) is 5.10 Å². The number of hydrogen-bond donors (Lipinski definition) is 0. The van der Waals surface area contributed by atoms with Gasteiger partial charge in [0.2, 0.25) is 0 Å². The Morgan fingerprint density at radius 2 is 1.84 bits per heavy atom. The first-order valence-electron chi connectivity index (χ1n) is 11.9. The summed E-state index contributed by atoms with van der Waals surface area (Å²) in [6.07, 6.45) is 2.42. The van der Waals surface area contributed by atoms with Gasteiger partial charge in [0.25, 0.3) is 5.56 Å². The van der Waals surface area contributed by atoms with Gasteiger partial charge >= 0.3 is 0 Å². The smallest absolute Gasteiger partial charge is 0.282 e. The van der Waals surface area contributed by atoms with Crippen LogP contribution in [0.5, 0.6) is 11.5 Å². The molecule has 0 aliphatic heterocycles. The molecule has 0 amide bonds. The minimum atomic E-state index is -0.298. The lowest BCUT2D eigenvalue weighted by Crippen LogP contribution is -2.23. The predicted molar refractivity (Wildman–Crippen MR) is 151 cm³/mol. The van der Waals surface area contributed by atoms with Crippen molar-refractivity contribution < 1.29 is 13.9 Å². The van der Waals surface area contributed by atoms with Crippen molar-refractivity contribution in [3.8, 4) is 11.5 Å². The standard InChI is InChI=1S/C28H26Br2FN3O3/c1-4-17(3)27-33-24-11-8-20(29)14-22(24)28(35)34(27)32-15-19-12-23(30)26(25(13-19)36-5-2)37-16-18-6-9-21(31)10-7-18/h6-15,17H,4-5,16H2,1-3H3/t17-/m0/s1. The summed E-state index contributed by atoms with van der Waals surface area (Å²) in [4.78, 5) is 18.1. The summed E-state index contributed by atoms with van der Waals surface area (Å²) in [5, 5.41) is 5.03. The molecule has 0 radical (unpaired) electrons. The van der Waals surface area contributed by atoms with Crippen molar-refractivity contribution in [2.45, 2.75) is 39.7 Å². The molecule has 9 heteroatoms. The summed E-state index contributed by atoms with van der Waals surface area (Å²) < 4.78 is 27.9. The van der Waals surface area contributed by atoms with Crippen molar-refractivity contribution in [3.05, 3.63) is 96.7 Å². The molecule has 0 saturated heterocycles. The highest BCUT2D eigenvalue weighted by Gasteiger charge is 2.16. The van der Waals surface area contributed by atoms with Crippen LogP contribution in [0.15, 0.2) is 73.4 Å². The number of nitrogens with zero attached hydrogens (tertiary/aromatic N) is 3. The van der Waals surface area contributed by atoms with Gasteiger partial charge in [0.15, 0.2) is 11.5 Å². The second-order valence-electron chi connectivity index (χ2n) is 8.48. The third kappa shape index (κ3) is 6.27. The molecule has 0 N–H and O–H groups in total. The van der Waals surface area contributed by atoms with Crippen LogP contribution in [0, 0.1) is 5.82 Å². The predicted octanol–water partition coefficient (Wildman–Crippen LogP) is 7.43. The van der Waals surface area contributed by atoms with Crippen molar-refractivity contribution in [1.82, 2.24) is 9.66 Å². The van der Waals surface area contributed by atoms with E-state index in [-0.39, 0.29) is 23.9 Å². The molecule has 0 aliphatic rings. The fourth-order valence-corrected chi connectivity index (χ4v) is 4.64. The maximum Gasteiger partial charge on any atom is 0.282 e. The van der Waals surface area contributed by atoms with E-state index in [1.54, 1.807) is 30.5 Å². The fourth-order valence-electron chi connectivity index (χ4n) is 3.71. The number of rotatable bonds is 9. The topological polar surface area (TPSA) is 65.7 Å². The minimum absolute atomic E-state index is 0.0332. The van der Waals surface area contributed by atoms with Crippen LogP contribution in [0.2, 0.25) is 0 Å². The van der Waals surface area contributed by atoms with E-state index in [0.29, 0.717) is 44.9 Å². The monoisotopic (exact) mass is 629 g/mol. The van der Waals surface area contributed by atoms with E-state index in [1.165, 1.54) is 16.8 Å². The largest absolute Gasteiger partial charge is 0.490 e. The van der Waals surface area contributed by atoms with Crippen LogP contribution >= 0.6 is 31.9 Å². The first kappa shape index (κ1) is 27.0. The molecule has 4 rings (SSSR count). The molecule has 37 heavy (non-hydrogen) atoms. The molecular formula is C28H26Br2FN3O3. The molecule has 0 spiro atoms. The summed E-state index contributed by atoms with van der Waals surface area (Å²) in [5.74, 6) is 1.38. The van der Waals surface area contributed by atoms with Gasteiger partial charge in [-0.2, -0.15) is 9.78 Å². The molecule has 0 fully saturated rings. The Morgan fingerprint density at radius 3 is 2.54 bits per heavy atom. The van der Waals surface area contributed by atoms with Gasteiger partial charge in [-0.15, -0.1) is 0 Å². The zero-order valence-corrected chi connectivity index (χ0v) is 23.8. The molecule has 1 atom stereocenters. The van der Waals surface area contributed by atoms with E-state index in [0.717, 1.165) is 16.5 Å². The lowest BCUT2D eigenvalue weighted by molar-refractivity contribution is 0.267. The lowest BCUT2D eigenvalue weighted by Gasteiger charge is -2.15. The van der Waals surface area contributed by atoms with Gasteiger partial charge < -0.3 is 9.47 Å².